The van der Waals surface area contributed by atoms with E-state index in [2.05, 4.69) is 4.99 Å². The van der Waals surface area contributed by atoms with Crippen molar-refractivity contribution in [1.82, 2.24) is 9.05 Å². The Morgan fingerprint density at radius 1 is 1.13 bits per heavy atom. The Labute approximate surface area is 241 Å². The van der Waals surface area contributed by atoms with E-state index in [1.54, 1.807) is 43.4 Å². The first-order valence-corrected chi connectivity index (χ1v) is 16.6. The van der Waals surface area contributed by atoms with Gasteiger partial charge in [0.25, 0.3) is 0 Å². The normalized spacial score (nSPS) is 17.0. The van der Waals surface area contributed by atoms with Gasteiger partial charge in [0.15, 0.2) is 14.6 Å². The highest BCUT2D eigenvalue weighted by Gasteiger charge is 2.45. The van der Waals surface area contributed by atoms with E-state index in [0.29, 0.717) is 28.6 Å². The smallest absolute Gasteiger partial charge is 0.320 e. The largest absolute Gasteiger partial charge is 0.381 e. The molecule has 1 aliphatic heterocycles. The van der Waals surface area contributed by atoms with Crippen molar-refractivity contribution in [2.24, 2.45) is 12.0 Å². The van der Waals surface area contributed by atoms with Crippen molar-refractivity contribution in [3.63, 3.8) is 0 Å². The SMILES string of the molecule is C/N=c1\sc([N+]2(C(=O)CCS(=O)(=O)c3ccc4cc(Cl)ccc4c3)CCCCC2)c(C(O)c2cccs2)n1C. The summed E-state index contributed by atoms with van der Waals surface area (Å²) in [6.45, 7) is 1.15. The third-order valence-corrected chi connectivity index (χ3v) is 11.7. The van der Waals surface area contributed by atoms with E-state index in [1.165, 1.54) is 22.7 Å². The van der Waals surface area contributed by atoms with Gasteiger partial charge in [-0.15, -0.1) is 11.3 Å². The topological polar surface area (TPSA) is 88.7 Å². The molecule has 0 radical (unpaired) electrons. The second-order valence-electron chi connectivity index (χ2n) is 9.87. The fourth-order valence-electron chi connectivity index (χ4n) is 5.40. The first-order chi connectivity index (χ1) is 18.7. The quantitative estimate of drug-likeness (QED) is 0.284. The zero-order chi connectivity index (χ0) is 27.8. The van der Waals surface area contributed by atoms with E-state index in [4.69, 9.17) is 11.6 Å². The van der Waals surface area contributed by atoms with E-state index in [1.807, 2.05) is 29.1 Å². The second kappa shape index (κ2) is 11.3. The Morgan fingerprint density at radius 3 is 2.54 bits per heavy atom. The zero-order valence-electron chi connectivity index (χ0n) is 21.8. The van der Waals surface area contributed by atoms with Crippen LogP contribution in [0, 0.1) is 0 Å². The van der Waals surface area contributed by atoms with Crippen LogP contribution in [0.3, 0.4) is 0 Å². The fourth-order valence-corrected chi connectivity index (χ4v) is 8.86. The van der Waals surface area contributed by atoms with Crippen molar-refractivity contribution in [1.29, 1.82) is 0 Å². The minimum absolute atomic E-state index is 0.0392. The predicted octanol–water partition coefficient (Wildman–Crippen LogP) is 5.45. The van der Waals surface area contributed by atoms with Gasteiger partial charge in [-0.2, -0.15) is 0 Å². The number of carbonyl (C=O) groups excluding carboxylic acids is 1. The lowest BCUT2D eigenvalue weighted by Crippen LogP contribution is -2.57. The number of halogens is 1. The number of likely N-dealkylation sites (tertiary alicyclic amines) is 1. The maximum Gasteiger partial charge on any atom is 0.320 e. The number of benzene rings is 2. The van der Waals surface area contributed by atoms with Crippen LogP contribution in [-0.4, -0.2) is 49.9 Å². The molecule has 3 heterocycles. The maximum absolute atomic E-state index is 14.1. The number of hydrogen-bond acceptors (Lipinski definition) is 7. The predicted molar refractivity (Wildman–Crippen MR) is 159 cm³/mol. The molecule has 0 spiro atoms. The van der Waals surface area contributed by atoms with Gasteiger partial charge in [0, 0.05) is 24.0 Å². The molecule has 1 saturated heterocycles. The standard InChI is InChI=1S/C28H31ClN3O4S3/c1-30-28-31(2)25(26(34)23-7-6-15-37-23)27(38-28)32(13-4-3-5-14-32)24(33)12-16-39(35,36)22-11-9-19-17-21(29)10-8-20(19)18-22/h6-11,15,17-18,26,34H,3-5,12-14,16H2,1-2H3/q+1/b30-28-. The molecule has 5 rings (SSSR count). The number of thiophene rings is 1. The molecular formula is C28H31ClN3O4S3+. The summed E-state index contributed by atoms with van der Waals surface area (Å²) in [4.78, 5) is 20.2. The molecule has 0 bridgehead atoms. The number of hydrogen-bond donors (Lipinski definition) is 1. The molecule has 1 unspecified atom stereocenters. The number of aliphatic hydroxyl groups is 1. The first kappa shape index (κ1) is 28.2. The number of nitrogens with zero attached hydrogens (tertiary/aromatic N) is 3. The van der Waals surface area contributed by atoms with E-state index in [0.717, 1.165) is 39.9 Å². The molecule has 1 N–H and O–H groups in total. The Morgan fingerprint density at radius 2 is 1.85 bits per heavy atom. The molecule has 1 atom stereocenters. The fraction of sp³-hybridized carbons (Fsp3) is 0.357. The van der Waals surface area contributed by atoms with E-state index < -0.39 is 15.9 Å². The summed E-state index contributed by atoms with van der Waals surface area (Å²) in [5.74, 6) is -0.425. The molecule has 2 aromatic carbocycles. The Bertz CT molecular complexity index is 1680. The highest BCUT2D eigenvalue weighted by atomic mass is 35.5. The van der Waals surface area contributed by atoms with Crippen molar-refractivity contribution in [2.45, 2.75) is 36.7 Å². The third-order valence-electron chi connectivity index (χ3n) is 7.48. The number of carbonyl (C=O) groups is 1. The van der Waals surface area contributed by atoms with Crippen molar-refractivity contribution < 1.29 is 18.3 Å². The van der Waals surface area contributed by atoms with Crippen LogP contribution >= 0.6 is 34.3 Å². The van der Waals surface area contributed by atoms with Crippen LogP contribution in [0.25, 0.3) is 10.8 Å². The van der Waals surface area contributed by atoms with Crippen LogP contribution in [0.5, 0.6) is 0 Å². The van der Waals surface area contributed by atoms with Crippen LogP contribution in [0.4, 0.5) is 5.00 Å². The zero-order valence-corrected chi connectivity index (χ0v) is 25.0. The number of thiazole rings is 1. The highest BCUT2D eigenvalue weighted by molar-refractivity contribution is 7.91. The molecular weight excluding hydrogens is 574 g/mol. The van der Waals surface area contributed by atoms with Gasteiger partial charge < -0.3 is 9.67 Å². The molecule has 2 aromatic heterocycles. The van der Waals surface area contributed by atoms with Gasteiger partial charge in [0.2, 0.25) is 5.00 Å². The molecule has 1 amide bonds. The summed E-state index contributed by atoms with van der Waals surface area (Å²) in [6.07, 6.45) is 1.69. The summed E-state index contributed by atoms with van der Waals surface area (Å²) in [7, 11) is -0.150. The van der Waals surface area contributed by atoms with Gasteiger partial charge in [-0.1, -0.05) is 29.8 Å². The molecule has 1 aliphatic rings. The summed E-state index contributed by atoms with van der Waals surface area (Å²) >= 11 is 8.94. The summed E-state index contributed by atoms with van der Waals surface area (Å²) in [5.41, 5.74) is 0.648. The minimum atomic E-state index is -3.71. The van der Waals surface area contributed by atoms with Crippen LogP contribution < -0.4 is 9.28 Å². The molecule has 4 aromatic rings. The first-order valence-electron chi connectivity index (χ1n) is 12.8. The monoisotopic (exact) mass is 604 g/mol. The van der Waals surface area contributed by atoms with Crippen LogP contribution in [0.15, 0.2) is 63.8 Å². The van der Waals surface area contributed by atoms with Gasteiger partial charge in [0.05, 0.1) is 30.2 Å². The Hall–Kier alpha value is -2.34. The number of amides is 1. The highest BCUT2D eigenvalue weighted by Crippen LogP contribution is 2.41. The molecule has 39 heavy (non-hydrogen) atoms. The van der Waals surface area contributed by atoms with Crippen LogP contribution in [0.1, 0.15) is 42.4 Å². The van der Waals surface area contributed by atoms with Crippen molar-refractivity contribution in [2.75, 3.05) is 25.9 Å². The lowest BCUT2D eigenvalue weighted by atomic mass is 10.1. The van der Waals surface area contributed by atoms with Gasteiger partial charge in [0.1, 0.15) is 11.8 Å². The molecule has 11 heteroatoms. The summed E-state index contributed by atoms with van der Waals surface area (Å²) in [6, 6.07) is 14.1. The van der Waals surface area contributed by atoms with Crippen molar-refractivity contribution in [3.05, 3.63) is 74.3 Å². The average Bonchev–Trinajstić information content (AvgIpc) is 3.60. The van der Waals surface area contributed by atoms with Gasteiger partial charge in [-0.3, -0.25) is 4.99 Å². The number of sulfone groups is 1. The number of quaternary nitrogens is 1. The van der Waals surface area contributed by atoms with E-state index >= 15 is 0 Å². The molecule has 7 nitrogen and oxygen atoms in total. The Kier molecular flexibility index (Phi) is 8.15. The van der Waals surface area contributed by atoms with Gasteiger partial charge >= 0.3 is 5.91 Å². The number of rotatable bonds is 7. The number of aliphatic hydroxyl groups excluding tert-OH is 1. The minimum Gasteiger partial charge on any atom is -0.381 e. The van der Waals surface area contributed by atoms with Gasteiger partial charge in [-0.25, -0.2) is 17.7 Å². The average molecular weight is 605 g/mol. The lowest BCUT2D eigenvalue weighted by Gasteiger charge is -2.38. The molecule has 0 saturated carbocycles. The molecule has 1 fully saturated rings. The number of piperidine rings is 1. The van der Waals surface area contributed by atoms with Crippen molar-refractivity contribution >= 4 is 65.8 Å². The van der Waals surface area contributed by atoms with Gasteiger partial charge in [-0.05, 0) is 77.1 Å². The maximum atomic E-state index is 14.1. The second-order valence-corrected chi connectivity index (χ2v) is 14.3. The third kappa shape index (κ3) is 5.38. The van der Waals surface area contributed by atoms with Crippen LogP contribution in [0.2, 0.25) is 5.02 Å². The van der Waals surface area contributed by atoms with E-state index in [-0.39, 0.29) is 27.5 Å². The lowest BCUT2D eigenvalue weighted by molar-refractivity contribution is -0.130. The molecule has 0 aliphatic carbocycles. The Balaban J connectivity index is 1.49. The summed E-state index contributed by atoms with van der Waals surface area (Å²) in [5, 5.41) is 16.3. The van der Waals surface area contributed by atoms with Crippen molar-refractivity contribution in [3.8, 4) is 0 Å². The number of fused-ring (bicyclic) bond motifs is 1. The van der Waals surface area contributed by atoms with E-state index in [9.17, 15) is 18.3 Å². The number of aromatic nitrogens is 1. The van der Waals surface area contributed by atoms with Crippen LogP contribution in [-0.2, 0) is 21.7 Å². The summed E-state index contributed by atoms with van der Waals surface area (Å²) < 4.78 is 28.6. The molecule has 206 valence electrons.